The van der Waals surface area contributed by atoms with Gasteiger partial charge in [0.25, 0.3) is 5.69 Å². The summed E-state index contributed by atoms with van der Waals surface area (Å²) in [6.45, 7) is 5.29. The van der Waals surface area contributed by atoms with Gasteiger partial charge in [0, 0.05) is 17.7 Å². The van der Waals surface area contributed by atoms with Gasteiger partial charge in [-0.05, 0) is 26.7 Å². The van der Waals surface area contributed by atoms with Gasteiger partial charge in [-0.1, -0.05) is 18.9 Å². The Bertz CT molecular complexity index is 662. The largest absolute Gasteiger partial charge is 0.416 e. The maximum absolute atomic E-state index is 11.8. The fraction of sp³-hybridized carbons (Fsp3) is 0.400. The first-order valence-corrected chi connectivity index (χ1v) is 7.08. The predicted molar refractivity (Wildman–Crippen MR) is 83.4 cm³/mol. The fourth-order valence-electron chi connectivity index (χ4n) is 1.93. The molecule has 124 valence electrons. The molecule has 0 unspecified atom stereocenters. The molecule has 0 amide bonds. The van der Waals surface area contributed by atoms with E-state index >= 15 is 0 Å². The second-order valence-electron chi connectivity index (χ2n) is 5.21. The number of carbonyl (C=O) groups excluding carboxylic acids is 1. The number of non-ortho nitro benzene ring substituents is 1. The Morgan fingerprint density at radius 1 is 1.22 bits per heavy atom. The Morgan fingerprint density at radius 2 is 1.87 bits per heavy atom. The molecule has 0 saturated heterocycles. The molecule has 0 aromatic heterocycles. The maximum Gasteiger partial charge on any atom is 0.336 e. The third kappa shape index (κ3) is 5.17. The lowest BCUT2D eigenvalue weighted by atomic mass is 10.1. The lowest BCUT2D eigenvalue weighted by Crippen LogP contribution is -2.09. The molecule has 0 bridgehead atoms. The van der Waals surface area contributed by atoms with Gasteiger partial charge in [0.2, 0.25) is 5.75 Å². The fourth-order valence-corrected chi connectivity index (χ4v) is 1.93. The molecule has 0 spiro atoms. The zero-order valence-corrected chi connectivity index (χ0v) is 13.2. The number of nitro groups is 2. The van der Waals surface area contributed by atoms with Gasteiger partial charge in [0.05, 0.1) is 15.9 Å². The summed E-state index contributed by atoms with van der Waals surface area (Å²) in [4.78, 5) is 32.4. The number of rotatable bonds is 7. The molecule has 8 nitrogen and oxygen atoms in total. The summed E-state index contributed by atoms with van der Waals surface area (Å²) in [5, 5.41) is 22.1. The smallest absolute Gasteiger partial charge is 0.336 e. The second-order valence-corrected chi connectivity index (χ2v) is 5.21. The minimum atomic E-state index is -0.784. The van der Waals surface area contributed by atoms with Gasteiger partial charge in [-0.2, -0.15) is 0 Å². The topological polar surface area (TPSA) is 113 Å². The van der Waals surface area contributed by atoms with E-state index in [0.717, 1.165) is 12.5 Å². The van der Waals surface area contributed by atoms with Crippen LogP contribution in [0.1, 0.15) is 39.2 Å². The van der Waals surface area contributed by atoms with Crippen molar-refractivity contribution in [3.8, 4) is 5.75 Å². The van der Waals surface area contributed by atoms with E-state index in [0.29, 0.717) is 18.4 Å². The minimum absolute atomic E-state index is 0.225. The molecular formula is C15H18N2O6. The molecule has 0 N–H and O–H groups in total. The molecule has 0 aliphatic rings. The molecule has 8 heteroatoms. The number of hydrogen-bond donors (Lipinski definition) is 0. The van der Waals surface area contributed by atoms with Crippen LogP contribution in [-0.2, 0) is 11.2 Å². The molecule has 0 aliphatic heterocycles. The molecule has 0 heterocycles. The average molecular weight is 322 g/mol. The van der Waals surface area contributed by atoms with Crippen LogP contribution in [0.4, 0.5) is 11.4 Å². The molecule has 0 radical (unpaired) electrons. The van der Waals surface area contributed by atoms with E-state index in [1.807, 2.05) is 6.92 Å². The zero-order chi connectivity index (χ0) is 17.6. The van der Waals surface area contributed by atoms with E-state index in [2.05, 4.69) is 0 Å². The summed E-state index contributed by atoms with van der Waals surface area (Å²) in [6.07, 6.45) is 2.99. The zero-order valence-electron chi connectivity index (χ0n) is 13.2. The van der Waals surface area contributed by atoms with Crippen molar-refractivity contribution in [2.24, 2.45) is 0 Å². The van der Waals surface area contributed by atoms with Crippen LogP contribution in [0.15, 0.2) is 23.8 Å². The predicted octanol–water partition coefficient (Wildman–Crippen LogP) is 3.72. The SMILES string of the molecule is CCCCc1cc([N+](=O)[O-])cc([N+](=O)[O-])c1OC(=O)C=C(C)C. The summed E-state index contributed by atoms with van der Waals surface area (Å²) in [7, 11) is 0. The van der Waals surface area contributed by atoms with Gasteiger partial charge >= 0.3 is 11.7 Å². The molecule has 1 aromatic carbocycles. The van der Waals surface area contributed by atoms with Crippen molar-refractivity contribution in [2.75, 3.05) is 0 Å². The summed E-state index contributed by atoms with van der Waals surface area (Å²) < 4.78 is 5.10. The van der Waals surface area contributed by atoms with Crippen molar-refractivity contribution in [3.05, 3.63) is 49.6 Å². The van der Waals surface area contributed by atoms with Crippen LogP contribution < -0.4 is 4.74 Å². The van der Waals surface area contributed by atoms with E-state index in [9.17, 15) is 25.0 Å². The number of unbranched alkanes of at least 4 members (excludes halogenated alkanes) is 1. The highest BCUT2D eigenvalue weighted by Gasteiger charge is 2.26. The van der Waals surface area contributed by atoms with E-state index in [1.54, 1.807) is 13.8 Å². The normalized spacial score (nSPS) is 10.0. The van der Waals surface area contributed by atoms with E-state index in [4.69, 9.17) is 4.74 Å². The quantitative estimate of drug-likeness (QED) is 0.248. The number of hydrogen-bond acceptors (Lipinski definition) is 6. The summed E-state index contributed by atoms with van der Waals surface area (Å²) in [6, 6.07) is 2.02. The Kier molecular flexibility index (Phi) is 6.37. The Labute approximate surface area is 133 Å². The molecule has 0 fully saturated rings. The van der Waals surface area contributed by atoms with Gasteiger partial charge in [0.1, 0.15) is 0 Å². The molecule has 0 saturated carbocycles. The summed E-state index contributed by atoms with van der Waals surface area (Å²) in [5.74, 6) is -0.976. The van der Waals surface area contributed by atoms with Crippen LogP contribution in [-0.4, -0.2) is 15.8 Å². The van der Waals surface area contributed by atoms with Crippen LogP contribution in [0.5, 0.6) is 5.75 Å². The average Bonchev–Trinajstić information content (AvgIpc) is 2.44. The number of carbonyl (C=O) groups is 1. The Morgan fingerprint density at radius 3 is 2.35 bits per heavy atom. The Balaban J connectivity index is 3.42. The molecule has 0 aliphatic carbocycles. The van der Waals surface area contributed by atoms with Gasteiger partial charge < -0.3 is 4.74 Å². The second kappa shape index (κ2) is 8.02. The standard InChI is InChI=1S/C15H18N2O6/c1-4-5-6-11-8-12(16(19)20)9-13(17(21)22)15(11)23-14(18)7-10(2)3/h7-9H,4-6H2,1-3H3. The van der Waals surface area contributed by atoms with Crippen LogP contribution in [0.25, 0.3) is 0 Å². The van der Waals surface area contributed by atoms with Gasteiger partial charge in [-0.3, -0.25) is 20.2 Å². The van der Waals surface area contributed by atoms with E-state index in [1.165, 1.54) is 12.1 Å². The number of nitrogens with zero attached hydrogens (tertiary/aromatic N) is 2. The molecule has 0 atom stereocenters. The van der Waals surface area contributed by atoms with Gasteiger partial charge in [0.15, 0.2) is 0 Å². The first-order chi connectivity index (χ1) is 10.8. The lowest BCUT2D eigenvalue weighted by molar-refractivity contribution is -0.394. The molecule has 1 rings (SSSR count). The number of benzene rings is 1. The van der Waals surface area contributed by atoms with Crippen molar-refractivity contribution in [2.45, 2.75) is 40.0 Å². The van der Waals surface area contributed by atoms with Crippen molar-refractivity contribution in [3.63, 3.8) is 0 Å². The van der Waals surface area contributed by atoms with Crippen molar-refractivity contribution >= 4 is 17.3 Å². The number of nitro benzene ring substituents is 2. The molecular weight excluding hydrogens is 304 g/mol. The van der Waals surface area contributed by atoms with Crippen LogP contribution in [0.3, 0.4) is 0 Å². The first kappa shape index (κ1) is 18.3. The highest BCUT2D eigenvalue weighted by molar-refractivity contribution is 5.86. The maximum atomic E-state index is 11.8. The highest BCUT2D eigenvalue weighted by atomic mass is 16.6. The molecule has 1 aromatic rings. The Hall–Kier alpha value is -2.77. The monoisotopic (exact) mass is 322 g/mol. The van der Waals surface area contributed by atoms with Crippen molar-refractivity contribution < 1.29 is 19.4 Å². The summed E-state index contributed by atoms with van der Waals surface area (Å²) in [5.41, 5.74) is -0.0245. The van der Waals surface area contributed by atoms with Crippen LogP contribution >= 0.6 is 0 Å². The van der Waals surface area contributed by atoms with Gasteiger partial charge in [-0.25, -0.2) is 4.79 Å². The minimum Gasteiger partial charge on any atom is -0.416 e. The van der Waals surface area contributed by atoms with E-state index in [-0.39, 0.29) is 11.3 Å². The molecule has 23 heavy (non-hydrogen) atoms. The van der Waals surface area contributed by atoms with E-state index < -0.39 is 27.2 Å². The van der Waals surface area contributed by atoms with Crippen LogP contribution in [0, 0.1) is 20.2 Å². The number of allylic oxidation sites excluding steroid dienone is 1. The van der Waals surface area contributed by atoms with Crippen LogP contribution in [0.2, 0.25) is 0 Å². The summed E-state index contributed by atoms with van der Waals surface area (Å²) >= 11 is 0. The third-order valence-electron chi connectivity index (χ3n) is 2.95. The number of aryl methyl sites for hydroxylation is 1. The lowest BCUT2D eigenvalue weighted by Gasteiger charge is -2.09. The third-order valence-corrected chi connectivity index (χ3v) is 2.95. The first-order valence-electron chi connectivity index (χ1n) is 7.08. The van der Waals surface area contributed by atoms with Crippen molar-refractivity contribution in [1.82, 2.24) is 0 Å². The number of esters is 1. The number of ether oxygens (including phenoxy) is 1. The highest BCUT2D eigenvalue weighted by Crippen LogP contribution is 2.36. The van der Waals surface area contributed by atoms with Gasteiger partial charge in [-0.15, -0.1) is 0 Å². The van der Waals surface area contributed by atoms with Crippen molar-refractivity contribution in [1.29, 1.82) is 0 Å².